The Morgan fingerprint density at radius 1 is 1.38 bits per heavy atom. The fourth-order valence-corrected chi connectivity index (χ4v) is 3.45. The first-order valence-corrected chi connectivity index (χ1v) is 8.18. The lowest BCUT2D eigenvalue weighted by atomic mass is 9.82. The highest BCUT2D eigenvalue weighted by Crippen LogP contribution is 2.31. The van der Waals surface area contributed by atoms with Crippen LogP contribution < -0.4 is 5.73 Å². The van der Waals surface area contributed by atoms with Crippen molar-refractivity contribution in [2.45, 2.75) is 31.8 Å². The Morgan fingerprint density at radius 3 is 2.58 bits per heavy atom. The van der Waals surface area contributed by atoms with Gasteiger partial charge in [0.25, 0.3) is 0 Å². The first kappa shape index (κ1) is 18.7. The van der Waals surface area contributed by atoms with Crippen molar-refractivity contribution in [3.8, 4) is 0 Å². The average molecular weight is 373 g/mol. The molecule has 0 aliphatic carbocycles. The normalized spacial score (nSPS) is 23.8. The van der Waals surface area contributed by atoms with E-state index in [1.807, 2.05) is 0 Å². The van der Waals surface area contributed by atoms with Gasteiger partial charge in [-0.15, -0.1) is 0 Å². The third-order valence-corrected chi connectivity index (χ3v) is 4.91. The number of ketones is 1. The number of amides is 1. The topological polar surface area (TPSA) is 101 Å². The van der Waals surface area contributed by atoms with E-state index >= 15 is 0 Å². The van der Waals surface area contributed by atoms with E-state index in [1.54, 1.807) is 12.1 Å². The molecule has 0 bridgehead atoms. The molecule has 1 aliphatic rings. The van der Waals surface area contributed by atoms with Crippen molar-refractivity contribution in [3.05, 3.63) is 33.8 Å². The molecule has 6 nitrogen and oxygen atoms in total. The molecule has 1 fully saturated rings. The Bertz CT molecular complexity index is 695. The Labute approximate surface area is 149 Å². The predicted octanol–water partition coefficient (Wildman–Crippen LogP) is 2.10. The molecule has 1 aromatic rings. The van der Waals surface area contributed by atoms with E-state index in [4.69, 9.17) is 28.9 Å². The van der Waals surface area contributed by atoms with Crippen molar-refractivity contribution in [2.24, 2.45) is 11.7 Å². The van der Waals surface area contributed by atoms with Crippen LogP contribution in [-0.2, 0) is 20.8 Å². The lowest BCUT2D eigenvalue weighted by molar-refractivity contribution is -0.156. The molecule has 0 radical (unpaired) electrons. The molecule has 1 saturated heterocycles. The van der Waals surface area contributed by atoms with Crippen LogP contribution in [0.1, 0.15) is 25.3 Å². The van der Waals surface area contributed by atoms with Gasteiger partial charge < -0.3 is 15.7 Å². The molecule has 3 N–H and O–H groups in total. The molecule has 24 heavy (non-hydrogen) atoms. The molecule has 2 atom stereocenters. The summed E-state index contributed by atoms with van der Waals surface area (Å²) in [6.07, 6.45) is 0.0391. The lowest BCUT2D eigenvalue weighted by Gasteiger charge is -2.44. The van der Waals surface area contributed by atoms with E-state index in [1.165, 1.54) is 17.9 Å². The number of rotatable bonds is 4. The van der Waals surface area contributed by atoms with Gasteiger partial charge in [0.2, 0.25) is 5.91 Å². The van der Waals surface area contributed by atoms with Crippen LogP contribution in [0, 0.1) is 5.92 Å². The number of Topliss-reactive ketones (excluding diaryl/α,β-unsaturated/α-hetero) is 1. The van der Waals surface area contributed by atoms with Crippen LogP contribution in [0.3, 0.4) is 0 Å². The van der Waals surface area contributed by atoms with E-state index in [-0.39, 0.29) is 31.7 Å². The summed E-state index contributed by atoms with van der Waals surface area (Å²) in [5.41, 5.74) is 5.10. The van der Waals surface area contributed by atoms with Gasteiger partial charge in [-0.3, -0.25) is 14.4 Å². The van der Waals surface area contributed by atoms with Gasteiger partial charge in [-0.05, 0) is 24.1 Å². The summed E-state index contributed by atoms with van der Waals surface area (Å²) in [6, 6.07) is 4.73. The summed E-state index contributed by atoms with van der Waals surface area (Å²) in [7, 11) is 0. The number of benzene rings is 1. The molecule has 0 saturated carbocycles. The minimum Gasteiger partial charge on any atom is -0.481 e. The third-order valence-electron chi connectivity index (χ3n) is 4.32. The number of carbonyl (C=O) groups is 3. The second kappa shape index (κ2) is 7.09. The van der Waals surface area contributed by atoms with E-state index < -0.39 is 23.3 Å². The van der Waals surface area contributed by atoms with Crippen LogP contribution >= 0.6 is 23.2 Å². The minimum absolute atomic E-state index is 0.109. The number of nitrogens with zero attached hydrogens (tertiary/aromatic N) is 1. The maximum absolute atomic E-state index is 12.8. The van der Waals surface area contributed by atoms with Crippen molar-refractivity contribution < 1.29 is 19.5 Å². The van der Waals surface area contributed by atoms with Crippen molar-refractivity contribution in [2.75, 3.05) is 6.54 Å². The standard InChI is InChI=1S/C16H18Cl2N2O4/c1-9(21)20-5-4-11(15(23)24)8-16(20,19)14(22)6-10-2-3-12(17)7-13(10)18/h2-3,7,11H,4-6,8,19H2,1H3,(H,23,24). The molecule has 1 aliphatic heterocycles. The van der Waals surface area contributed by atoms with Crippen molar-refractivity contribution in [1.29, 1.82) is 0 Å². The summed E-state index contributed by atoms with van der Waals surface area (Å²) in [5, 5.41) is 9.99. The first-order chi connectivity index (χ1) is 11.1. The highest BCUT2D eigenvalue weighted by Gasteiger charge is 2.47. The molecule has 2 rings (SSSR count). The second-order valence-electron chi connectivity index (χ2n) is 5.96. The SMILES string of the molecule is CC(=O)N1CCC(C(=O)O)CC1(N)C(=O)Cc1ccc(Cl)cc1Cl. The number of carboxylic acid groups (broad SMARTS) is 1. The maximum Gasteiger partial charge on any atom is 0.306 e. The van der Waals surface area contributed by atoms with Crippen LogP contribution in [0.4, 0.5) is 0 Å². The van der Waals surface area contributed by atoms with Gasteiger partial charge in [0.15, 0.2) is 11.4 Å². The first-order valence-electron chi connectivity index (χ1n) is 7.42. The fourth-order valence-electron chi connectivity index (χ4n) is 2.98. The highest BCUT2D eigenvalue weighted by molar-refractivity contribution is 6.35. The number of carboxylic acids is 1. The van der Waals surface area contributed by atoms with Gasteiger partial charge in [0.1, 0.15) is 0 Å². The molecule has 8 heteroatoms. The van der Waals surface area contributed by atoms with E-state index in [2.05, 4.69) is 0 Å². The summed E-state index contributed by atoms with van der Waals surface area (Å²) in [4.78, 5) is 37.2. The van der Waals surface area contributed by atoms with Gasteiger partial charge in [-0.1, -0.05) is 29.3 Å². The number of piperidine rings is 1. The second-order valence-corrected chi connectivity index (χ2v) is 6.80. The van der Waals surface area contributed by atoms with Crippen LogP contribution in [0.5, 0.6) is 0 Å². The summed E-state index contributed by atoms with van der Waals surface area (Å²) in [5.74, 6) is -2.61. The zero-order valence-corrected chi connectivity index (χ0v) is 14.6. The van der Waals surface area contributed by atoms with Crippen molar-refractivity contribution in [3.63, 3.8) is 0 Å². The molecule has 0 aromatic heterocycles. The van der Waals surface area contributed by atoms with Gasteiger partial charge in [0.05, 0.1) is 5.92 Å². The Morgan fingerprint density at radius 2 is 2.04 bits per heavy atom. The molecule has 130 valence electrons. The zero-order chi connectivity index (χ0) is 18.1. The number of aliphatic carboxylic acids is 1. The van der Waals surface area contributed by atoms with Gasteiger partial charge in [0, 0.05) is 36.4 Å². The van der Waals surface area contributed by atoms with E-state index in [0.29, 0.717) is 15.6 Å². The lowest BCUT2D eigenvalue weighted by Crippen LogP contribution is -2.67. The summed E-state index contributed by atoms with van der Waals surface area (Å²) >= 11 is 11.9. The van der Waals surface area contributed by atoms with Crippen LogP contribution in [0.25, 0.3) is 0 Å². The molecule has 2 unspecified atom stereocenters. The van der Waals surface area contributed by atoms with Crippen molar-refractivity contribution in [1.82, 2.24) is 4.90 Å². The van der Waals surface area contributed by atoms with Gasteiger partial charge in [-0.2, -0.15) is 0 Å². The minimum atomic E-state index is -1.66. The molecule has 1 aromatic carbocycles. The maximum atomic E-state index is 12.8. The quantitative estimate of drug-likeness (QED) is 0.842. The molecular formula is C16H18Cl2N2O4. The molecular weight excluding hydrogens is 355 g/mol. The Hall–Kier alpha value is -1.63. The van der Waals surface area contributed by atoms with Crippen molar-refractivity contribution >= 4 is 40.9 Å². The molecule has 1 amide bonds. The van der Waals surface area contributed by atoms with Crippen LogP contribution in [0.15, 0.2) is 18.2 Å². The number of hydrogen-bond acceptors (Lipinski definition) is 4. The monoisotopic (exact) mass is 372 g/mol. The predicted molar refractivity (Wildman–Crippen MR) is 89.8 cm³/mol. The summed E-state index contributed by atoms with van der Waals surface area (Å²) in [6.45, 7) is 1.44. The largest absolute Gasteiger partial charge is 0.481 e. The number of nitrogens with two attached hydrogens (primary N) is 1. The number of halogens is 2. The van der Waals surface area contributed by atoms with Crippen LogP contribution in [-0.4, -0.2) is 39.9 Å². The summed E-state index contributed by atoms with van der Waals surface area (Å²) < 4.78 is 0. The van der Waals surface area contributed by atoms with Gasteiger partial charge in [-0.25, -0.2) is 0 Å². The zero-order valence-electron chi connectivity index (χ0n) is 13.1. The number of carbonyl (C=O) groups excluding carboxylic acids is 2. The fraction of sp³-hybridized carbons (Fsp3) is 0.438. The highest BCUT2D eigenvalue weighted by atomic mass is 35.5. The van der Waals surface area contributed by atoms with Crippen LogP contribution in [0.2, 0.25) is 10.0 Å². The Kier molecular flexibility index (Phi) is 5.52. The van der Waals surface area contributed by atoms with E-state index in [9.17, 15) is 19.5 Å². The molecule has 1 heterocycles. The third kappa shape index (κ3) is 3.71. The van der Waals surface area contributed by atoms with E-state index in [0.717, 1.165) is 0 Å². The number of hydrogen-bond donors (Lipinski definition) is 2. The van der Waals surface area contributed by atoms with Gasteiger partial charge >= 0.3 is 5.97 Å². The molecule has 0 spiro atoms. The number of likely N-dealkylation sites (tertiary alicyclic amines) is 1. The average Bonchev–Trinajstić information content (AvgIpc) is 2.49. The smallest absolute Gasteiger partial charge is 0.306 e. The Balaban J connectivity index is 2.30.